The van der Waals surface area contributed by atoms with Crippen molar-refractivity contribution in [2.24, 2.45) is 5.41 Å². The zero-order chi connectivity index (χ0) is 19.2. The summed E-state index contributed by atoms with van der Waals surface area (Å²) >= 11 is 4.47. The van der Waals surface area contributed by atoms with E-state index in [0.717, 1.165) is 10.6 Å². The number of allylic oxidation sites excluding steroid dienone is 7. The Kier molecular flexibility index (Phi) is 7.48. The van der Waals surface area contributed by atoms with Crippen molar-refractivity contribution in [3.05, 3.63) is 64.9 Å². The molecule has 0 aromatic carbocycles. The maximum Gasteiger partial charge on any atom is 0.237 e. The van der Waals surface area contributed by atoms with Gasteiger partial charge in [-0.3, -0.25) is 0 Å². The van der Waals surface area contributed by atoms with Crippen LogP contribution in [0.15, 0.2) is 64.4 Å². The maximum absolute atomic E-state index is 9.02. The molecule has 0 bridgehead atoms. The summed E-state index contributed by atoms with van der Waals surface area (Å²) in [6.07, 6.45) is 16.6. The minimum Gasteiger partial charge on any atom is -0.390 e. The third kappa shape index (κ3) is 5.72. The largest absolute Gasteiger partial charge is 0.390 e. The second-order valence-corrected chi connectivity index (χ2v) is 8.23. The van der Waals surface area contributed by atoms with Crippen LogP contribution in [0.1, 0.15) is 52.5 Å². The SMILES string of the molecule is CC1=C(/C=C/C(C)=C/C=C/c2cc[n+](CCO)c(S)c2)C(C)(C)CCC1. The van der Waals surface area contributed by atoms with Crippen LogP contribution in [-0.4, -0.2) is 11.7 Å². The Morgan fingerprint density at radius 1 is 1.35 bits per heavy atom. The molecule has 0 radical (unpaired) electrons. The summed E-state index contributed by atoms with van der Waals surface area (Å²) in [6, 6.07) is 4.04. The van der Waals surface area contributed by atoms with Gasteiger partial charge in [-0.2, -0.15) is 4.57 Å². The molecule has 0 unspecified atom stereocenters. The van der Waals surface area contributed by atoms with E-state index in [0.29, 0.717) is 6.54 Å². The molecule has 0 aliphatic heterocycles. The summed E-state index contributed by atoms with van der Waals surface area (Å²) in [5.74, 6) is 0. The van der Waals surface area contributed by atoms with Gasteiger partial charge < -0.3 is 5.11 Å². The minimum absolute atomic E-state index is 0.119. The number of aliphatic hydroxyl groups is 1. The van der Waals surface area contributed by atoms with E-state index in [9.17, 15) is 0 Å². The van der Waals surface area contributed by atoms with Crippen LogP contribution in [0.2, 0.25) is 0 Å². The van der Waals surface area contributed by atoms with Gasteiger partial charge in [0.2, 0.25) is 5.03 Å². The van der Waals surface area contributed by atoms with Crippen molar-refractivity contribution in [2.45, 2.75) is 58.5 Å². The summed E-state index contributed by atoms with van der Waals surface area (Å²) in [5.41, 5.74) is 5.65. The smallest absolute Gasteiger partial charge is 0.237 e. The van der Waals surface area contributed by atoms with E-state index in [-0.39, 0.29) is 12.0 Å². The number of aliphatic hydroxyl groups excluding tert-OH is 1. The molecule has 0 atom stereocenters. The van der Waals surface area contributed by atoms with Gasteiger partial charge in [0.1, 0.15) is 6.61 Å². The monoisotopic (exact) mass is 370 g/mol. The van der Waals surface area contributed by atoms with E-state index >= 15 is 0 Å². The molecule has 1 aromatic rings. The van der Waals surface area contributed by atoms with Crippen LogP contribution in [0.25, 0.3) is 6.08 Å². The first-order valence-electron chi connectivity index (χ1n) is 9.40. The Morgan fingerprint density at radius 2 is 2.12 bits per heavy atom. The molecule has 1 aliphatic rings. The fourth-order valence-corrected chi connectivity index (χ4v) is 3.84. The van der Waals surface area contributed by atoms with Crippen LogP contribution in [0, 0.1) is 5.41 Å². The topological polar surface area (TPSA) is 24.1 Å². The lowest BCUT2D eigenvalue weighted by molar-refractivity contribution is -0.733. The van der Waals surface area contributed by atoms with Gasteiger partial charge in [-0.1, -0.05) is 68.0 Å². The zero-order valence-electron chi connectivity index (χ0n) is 16.5. The number of pyridine rings is 1. The van der Waals surface area contributed by atoms with Crippen molar-refractivity contribution in [2.75, 3.05) is 6.61 Å². The van der Waals surface area contributed by atoms with Crippen molar-refractivity contribution < 1.29 is 9.67 Å². The third-order valence-electron chi connectivity index (χ3n) is 5.08. The molecule has 0 amide bonds. The van der Waals surface area contributed by atoms with Crippen LogP contribution >= 0.6 is 12.6 Å². The molecule has 0 saturated heterocycles. The summed E-state index contributed by atoms with van der Waals surface area (Å²) in [4.78, 5) is 0. The Bertz CT molecular complexity index is 753. The van der Waals surface area contributed by atoms with Crippen molar-refractivity contribution in [1.29, 1.82) is 0 Å². The number of hydrogen-bond acceptors (Lipinski definition) is 2. The first-order valence-corrected chi connectivity index (χ1v) is 9.85. The second-order valence-electron chi connectivity index (χ2n) is 7.77. The Balaban J connectivity index is 2.06. The lowest BCUT2D eigenvalue weighted by Gasteiger charge is -2.32. The van der Waals surface area contributed by atoms with E-state index in [1.807, 2.05) is 22.9 Å². The maximum atomic E-state index is 9.02. The van der Waals surface area contributed by atoms with Gasteiger partial charge in [0.25, 0.3) is 0 Å². The van der Waals surface area contributed by atoms with Crippen LogP contribution < -0.4 is 4.57 Å². The van der Waals surface area contributed by atoms with Gasteiger partial charge in [-0.05, 0) is 49.7 Å². The van der Waals surface area contributed by atoms with Gasteiger partial charge in [0.15, 0.2) is 12.7 Å². The van der Waals surface area contributed by atoms with Crippen molar-refractivity contribution in [3.8, 4) is 0 Å². The normalized spacial score (nSPS) is 18.3. The predicted molar refractivity (Wildman–Crippen MR) is 113 cm³/mol. The minimum atomic E-state index is 0.119. The number of aromatic nitrogens is 1. The quantitative estimate of drug-likeness (QED) is 0.396. The third-order valence-corrected chi connectivity index (χ3v) is 5.47. The van der Waals surface area contributed by atoms with E-state index in [1.54, 1.807) is 0 Å². The van der Waals surface area contributed by atoms with Crippen LogP contribution in [0.5, 0.6) is 0 Å². The predicted octanol–water partition coefficient (Wildman–Crippen LogP) is 5.30. The Labute approximate surface area is 164 Å². The standard InChI is InChI=1S/C23H31NOS/c1-18(10-11-21-19(2)8-6-13-23(21,3)4)7-5-9-20-12-14-24(15-16-25)22(26)17-20/h5,7,9-12,14,17,25H,6,8,13,15-16H2,1-4H3/p+1/b9-5+,11-10+,18-7+. The molecule has 2 rings (SSSR count). The average molecular weight is 371 g/mol. The average Bonchev–Trinajstić information content (AvgIpc) is 2.56. The van der Waals surface area contributed by atoms with Gasteiger partial charge in [-0.15, -0.1) is 0 Å². The molecule has 3 heteroatoms. The van der Waals surface area contributed by atoms with Crippen molar-refractivity contribution >= 4 is 18.7 Å². The number of thiol groups is 1. The lowest BCUT2D eigenvalue weighted by Crippen LogP contribution is -2.36. The first-order chi connectivity index (χ1) is 12.3. The molecule has 1 aromatic heterocycles. The number of hydrogen-bond donors (Lipinski definition) is 2. The number of rotatable bonds is 6. The van der Waals surface area contributed by atoms with Gasteiger partial charge in [-0.25, -0.2) is 0 Å². The highest BCUT2D eigenvalue weighted by molar-refractivity contribution is 7.80. The first kappa shape index (κ1) is 20.7. The van der Waals surface area contributed by atoms with Gasteiger partial charge in [0, 0.05) is 12.1 Å². The molecule has 1 heterocycles. The Morgan fingerprint density at radius 3 is 2.77 bits per heavy atom. The van der Waals surface area contributed by atoms with Crippen LogP contribution in [-0.2, 0) is 6.54 Å². The highest BCUT2D eigenvalue weighted by Crippen LogP contribution is 2.40. The highest BCUT2D eigenvalue weighted by atomic mass is 32.1. The molecular weight excluding hydrogens is 338 g/mol. The van der Waals surface area contributed by atoms with Crippen molar-refractivity contribution in [1.82, 2.24) is 0 Å². The molecule has 1 N–H and O–H groups in total. The Hall–Kier alpha value is -1.58. The van der Waals surface area contributed by atoms with Crippen LogP contribution in [0.3, 0.4) is 0 Å². The number of nitrogens with zero attached hydrogens (tertiary/aromatic N) is 1. The molecule has 0 spiro atoms. The van der Waals surface area contributed by atoms with Gasteiger partial charge in [0.05, 0.1) is 0 Å². The molecule has 0 fully saturated rings. The van der Waals surface area contributed by atoms with E-state index < -0.39 is 0 Å². The molecule has 140 valence electrons. The lowest BCUT2D eigenvalue weighted by atomic mass is 9.72. The fourth-order valence-electron chi connectivity index (χ4n) is 3.52. The van der Waals surface area contributed by atoms with Crippen molar-refractivity contribution in [3.63, 3.8) is 0 Å². The molecule has 2 nitrogen and oxygen atoms in total. The molecular formula is C23H32NOS+. The van der Waals surface area contributed by atoms with E-state index in [4.69, 9.17) is 5.11 Å². The van der Waals surface area contributed by atoms with Gasteiger partial charge >= 0.3 is 0 Å². The van der Waals surface area contributed by atoms with Crippen LogP contribution in [0.4, 0.5) is 0 Å². The van der Waals surface area contributed by atoms with E-state index in [2.05, 4.69) is 70.7 Å². The molecule has 26 heavy (non-hydrogen) atoms. The fraction of sp³-hybridized carbons (Fsp3) is 0.435. The summed E-state index contributed by atoms with van der Waals surface area (Å²) < 4.78 is 1.92. The molecule has 1 aliphatic carbocycles. The second kappa shape index (κ2) is 9.38. The summed E-state index contributed by atoms with van der Waals surface area (Å²) in [6.45, 7) is 9.79. The molecule has 0 saturated carbocycles. The summed E-state index contributed by atoms with van der Waals surface area (Å²) in [7, 11) is 0. The van der Waals surface area contributed by atoms with E-state index in [1.165, 1.54) is 36.0 Å². The highest BCUT2D eigenvalue weighted by Gasteiger charge is 2.26. The zero-order valence-corrected chi connectivity index (χ0v) is 17.4. The summed E-state index contributed by atoms with van der Waals surface area (Å²) in [5, 5.41) is 9.87.